The number of rotatable bonds is 4. The fourth-order valence-corrected chi connectivity index (χ4v) is 1.54. The molecule has 0 spiro atoms. The molecule has 15 heavy (non-hydrogen) atoms. The Bertz CT molecular complexity index is 345. The zero-order chi connectivity index (χ0) is 11.4. The molecule has 1 aromatic rings. The first-order valence-corrected chi connectivity index (χ1v) is 5.19. The van der Waals surface area contributed by atoms with E-state index in [1.807, 2.05) is 6.92 Å². The van der Waals surface area contributed by atoms with E-state index in [0.717, 1.165) is 0 Å². The number of hydrogen-bond acceptors (Lipinski definition) is 2. The van der Waals surface area contributed by atoms with Crippen LogP contribution in [0.4, 0.5) is 0 Å². The Hall–Kier alpha value is -1.00. The molecule has 2 N–H and O–H groups in total. The van der Waals surface area contributed by atoms with Gasteiger partial charge in [-0.2, -0.15) is 0 Å². The summed E-state index contributed by atoms with van der Waals surface area (Å²) in [5.74, 6) is -0.217. The summed E-state index contributed by atoms with van der Waals surface area (Å²) in [6.07, 6.45) is 2.36. The van der Waals surface area contributed by atoms with Crippen molar-refractivity contribution in [3.8, 4) is 0 Å². The molecule has 84 valence electrons. The Morgan fingerprint density at radius 3 is 2.80 bits per heavy atom. The van der Waals surface area contributed by atoms with Crippen LogP contribution in [-0.4, -0.2) is 28.2 Å². The highest BCUT2D eigenvalue weighted by Gasteiger charge is 2.14. The predicted octanol–water partition coefficient (Wildman–Crippen LogP) is 1.18. The van der Waals surface area contributed by atoms with Crippen LogP contribution in [0.25, 0.3) is 0 Å². The lowest BCUT2D eigenvalue weighted by Gasteiger charge is -2.13. The number of hydrogen-bond donors (Lipinski definition) is 2. The summed E-state index contributed by atoms with van der Waals surface area (Å²) in [5, 5.41) is 12.2. The van der Waals surface area contributed by atoms with Gasteiger partial charge in [-0.3, -0.25) is 4.79 Å². The lowest BCUT2D eigenvalue weighted by molar-refractivity contribution is 0.0906. The quantitative estimate of drug-likeness (QED) is 0.816. The Labute approximate surface area is 93.8 Å². The van der Waals surface area contributed by atoms with E-state index in [4.69, 9.17) is 16.7 Å². The van der Waals surface area contributed by atoms with Crippen LogP contribution in [-0.2, 0) is 7.05 Å². The Morgan fingerprint density at radius 1 is 1.73 bits per heavy atom. The molecule has 0 aliphatic rings. The van der Waals surface area contributed by atoms with Crippen LogP contribution >= 0.6 is 11.6 Å². The third-order valence-corrected chi connectivity index (χ3v) is 2.46. The van der Waals surface area contributed by atoms with E-state index < -0.39 is 0 Å². The lowest BCUT2D eigenvalue weighted by Crippen LogP contribution is -2.37. The molecule has 0 radical (unpaired) electrons. The Morgan fingerprint density at radius 2 is 2.40 bits per heavy atom. The van der Waals surface area contributed by atoms with Crippen molar-refractivity contribution in [3.05, 3.63) is 23.0 Å². The van der Waals surface area contributed by atoms with Gasteiger partial charge in [0.05, 0.1) is 17.7 Å². The van der Waals surface area contributed by atoms with E-state index in [2.05, 4.69) is 5.32 Å². The number of carbonyl (C=O) groups is 1. The minimum absolute atomic E-state index is 0.0552. The molecule has 0 aromatic carbocycles. The first-order valence-electron chi connectivity index (χ1n) is 4.82. The standard InChI is InChI=1S/C10H15ClN2O2/c1-3-8(6-14)12-10(15)9-4-7(11)5-13(9)2/h4-5,8,14H,3,6H2,1-2H3,(H,12,15). The van der Waals surface area contributed by atoms with Gasteiger partial charge in [0, 0.05) is 13.2 Å². The molecule has 1 atom stereocenters. The zero-order valence-electron chi connectivity index (χ0n) is 8.83. The molecule has 4 nitrogen and oxygen atoms in total. The highest BCUT2D eigenvalue weighted by Crippen LogP contribution is 2.12. The molecule has 0 saturated heterocycles. The molecular formula is C10H15ClN2O2. The Balaban J connectivity index is 2.72. The maximum Gasteiger partial charge on any atom is 0.268 e. The smallest absolute Gasteiger partial charge is 0.268 e. The molecule has 1 rings (SSSR count). The molecule has 1 aromatic heterocycles. The second-order valence-electron chi connectivity index (χ2n) is 3.42. The van der Waals surface area contributed by atoms with Crippen molar-refractivity contribution in [3.63, 3.8) is 0 Å². The van der Waals surface area contributed by atoms with Crippen LogP contribution in [0.15, 0.2) is 12.3 Å². The van der Waals surface area contributed by atoms with Crippen LogP contribution in [0.2, 0.25) is 5.02 Å². The number of aromatic nitrogens is 1. The third kappa shape index (κ3) is 2.97. The lowest BCUT2D eigenvalue weighted by atomic mass is 10.2. The zero-order valence-corrected chi connectivity index (χ0v) is 9.58. The highest BCUT2D eigenvalue weighted by molar-refractivity contribution is 6.31. The second-order valence-corrected chi connectivity index (χ2v) is 3.85. The number of nitrogens with zero attached hydrogens (tertiary/aromatic N) is 1. The predicted molar refractivity (Wildman–Crippen MR) is 59.1 cm³/mol. The monoisotopic (exact) mass is 230 g/mol. The summed E-state index contributed by atoms with van der Waals surface area (Å²) in [4.78, 5) is 11.7. The number of amides is 1. The van der Waals surface area contributed by atoms with Crippen molar-refractivity contribution < 1.29 is 9.90 Å². The van der Waals surface area contributed by atoms with Gasteiger partial charge in [0.15, 0.2) is 0 Å². The van der Waals surface area contributed by atoms with Crippen molar-refractivity contribution in [1.29, 1.82) is 0 Å². The van der Waals surface area contributed by atoms with Crippen molar-refractivity contribution in [2.75, 3.05) is 6.61 Å². The number of aliphatic hydroxyl groups excluding tert-OH is 1. The van der Waals surface area contributed by atoms with Crippen molar-refractivity contribution in [2.45, 2.75) is 19.4 Å². The fraction of sp³-hybridized carbons (Fsp3) is 0.500. The van der Waals surface area contributed by atoms with Crippen LogP contribution in [0, 0.1) is 0 Å². The minimum Gasteiger partial charge on any atom is -0.394 e. The molecule has 0 bridgehead atoms. The number of halogens is 1. The van der Waals surface area contributed by atoms with Crippen molar-refractivity contribution >= 4 is 17.5 Å². The van der Waals surface area contributed by atoms with Crippen LogP contribution in [0.5, 0.6) is 0 Å². The van der Waals surface area contributed by atoms with Crippen LogP contribution in [0.1, 0.15) is 23.8 Å². The van der Waals surface area contributed by atoms with E-state index in [-0.39, 0.29) is 18.6 Å². The molecule has 0 saturated carbocycles. The highest BCUT2D eigenvalue weighted by atomic mass is 35.5. The molecular weight excluding hydrogens is 216 g/mol. The number of aryl methyl sites for hydroxylation is 1. The first kappa shape index (κ1) is 12.1. The van der Waals surface area contributed by atoms with E-state index in [1.165, 1.54) is 0 Å². The van der Waals surface area contributed by atoms with Gasteiger partial charge in [-0.25, -0.2) is 0 Å². The van der Waals surface area contributed by atoms with Gasteiger partial charge in [-0.15, -0.1) is 0 Å². The van der Waals surface area contributed by atoms with Crippen LogP contribution < -0.4 is 5.32 Å². The van der Waals surface area contributed by atoms with Gasteiger partial charge in [-0.05, 0) is 12.5 Å². The number of aliphatic hydroxyl groups is 1. The summed E-state index contributed by atoms with van der Waals surface area (Å²) in [6.45, 7) is 1.85. The molecule has 1 heterocycles. The normalized spacial score (nSPS) is 12.5. The molecule has 1 unspecified atom stereocenters. The van der Waals surface area contributed by atoms with Gasteiger partial charge in [-0.1, -0.05) is 18.5 Å². The van der Waals surface area contributed by atoms with E-state index in [0.29, 0.717) is 17.1 Å². The maximum atomic E-state index is 11.7. The largest absolute Gasteiger partial charge is 0.394 e. The van der Waals surface area contributed by atoms with Crippen LogP contribution in [0.3, 0.4) is 0 Å². The topological polar surface area (TPSA) is 54.3 Å². The number of carbonyl (C=O) groups excluding carboxylic acids is 1. The Kier molecular flexibility index (Phi) is 4.17. The average Bonchev–Trinajstić information content (AvgIpc) is 2.54. The van der Waals surface area contributed by atoms with Crippen molar-refractivity contribution in [2.24, 2.45) is 7.05 Å². The molecule has 1 amide bonds. The summed E-state index contributed by atoms with van der Waals surface area (Å²) in [6, 6.07) is 1.40. The van der Waals surface area contributed by atoms with Gasteiger partial charge < -0.3 is 15.0 Å². The van der Waals surface area contributed by atoms with E-state index >= 15 is 0 Å². The maximum absolute atomic E-state index is 11.7. The fourth-order valence-electron chi connectivity index (χ4n) is 1.29. The summed E-state index contributed by atoms with van der Waals surface area (Å²) in [5.41, 5.74) is 0.493. The minimum atomic E-state index is -0.217. The molecule has 0 fully saturated rings. The number of nitrogens with one attached hydrogen (secondary N) is 1. The average molecular weight is 231 g/mol. The third-order valence-electron chi connectivity index (χ3n) is 2.25. The molecule has 0 aliphatic heterocycles. The van der Waals surface area contributed by atoms with E-state index in [9.17, 15) is 4.79 Å². The second kappa shape index (κ2) is 5.19. The summed E-state index contributed by atoms with van der Waals surface area (Å²) < 4.78 is 1.65. The van der Waals surface area contributed by atoms with E-state index in [1.54, 1.807) is 23.9 Å². The summed E-state index contributed by atoms with van der Waals surface area (Å²) >= 11 is 5.76. The van der Waals surface area contributed by atoms with Gasteiger partial charge in [0.25, 0.3) is 5.91 Å². The molecule has 5 heteroatoms. The molecule has 0 aliphatic carbocycles. The first-order chi connectivity index (χ1) is 7.08. The van der Waals surface area contributed by atoms with Gasteiger partial charge in [0.1, 0.15) is 5.69 Å². The van der Waals surface area contributed by atoms with Crippen molar-refractivity contribution in [1.82, 2.24) is 9.88 Å². The van der Waals surface area contributed by atoms with Gasteiger partial charge in [0.2, 0.25) is 0 Å². The summed E-state index contributed by atoms with van der Waals surface area (Å²) in [7, 11) is 1.75. The van der Waals surface area contributed by atoms with Gasteiger partial charge >= 0.3 is 0 Å². The SMILES string of the molecule is CCC(CO)NC(=O)c1cc(Cl)cn1C.